The molecule has 38 heavy (non-hydrogen) atoms. The number of anilines is 3. The van der Waals surface area contributed by atoms with Crippen molar-refractivity contribution in [3.05, 3.63) is 54.1 Å². The van der Waals surface area contributed by atoms with Crippen molar-refractivity contribution in [1.82, 2.24) is 29.4 Å². The molecule has 0 aliphatic carbocycles. The molecule has 5 rings (SSSR count). The fraction of sp³-hybridized carbons (Fsp3) is 0.429. The molecule has 200 valence electrons. The number of nitrogens with one attached hydrogen (secondary N) is 2. The molecule has 0 spiro atoms. The van der Waals surface area contributed by atoms with Gasteiger partial charge in [-0.1, -0.05) is 6.92 Å². The molecule has 4 aromatic rings. The van der Waals surface area contributed by atoms with Crippen molar-refractivity contribution in [3.8, 4) is 11.3 Å². The number of pyridine rings is 1. The van der Waals surface area contributed by atoms with Crippen LogP contribution in [-0.4, -0.2) is 55.6 Å². The summed E-state index contributed by atoms with van der Waals surface area (Å²) in [7, 11) is 0. The van der Waals surface area contributed by atoms with Crippen LogP contribution in [-0.2, 0) is 0 Å². The zero-order chi connectivity index (χ0) is 26.8. The molecule has 1 aliphatic heterocycles. The molecule has 0 unspecified atom stereocenters. The van der Waals surface area contributed by atoms with Gasteiger partial charge in [0.1, 0.15) is 22.9 Å². The number of halogens is 2. The number of likely N-dealkylation sites (tertiary alicyclic amines) is 1. The minimum Gasteiger partial charge on any atom is -0.384 e. The lowest BCUT2D eigenvalue weighted by Crippen LogP contribution is -2.35. The molecule has 1 saturated heterocycles. The molecule has 1 aliphatic rings. The van der Waals surface area contributed by atoms with Crippen molar-refractivity contribution in [2.75, 3.05) is 36.8 Å². The molecule has 0 radical (unpaired) electrons. The summed E-state index contributed by atoms with van der Waals surface area (Å²) < 4.78 is 31.7. The second-order valence-electron chi connectivity index (χ2n) is 10.2. The van der Waals surface area contributed by atoms with Crippen LogP contribution in [0.2, 0.25) is 0 Å². The van der Waals surface area contributed by atoms with E-state index in [1.807, 2.05) is 37.5 Å². The van der Waals surface area contributed by atoms with Gasteiger partial charge in [0, 0.05) is 18.2 Å². The van der Waals surface area contributed by atoms with Gasteiger partial charge in [0.25, 0.3) is 0 Å². The molecule has 1 fully saturated rings. The number of rotatable bonds is 8. The predicted molar refractivity (Wildman–Crippen MR) is 147 cm³/mol. The first-order valence-corrected chi connectivity index (χ1v) is 13.2. The third kappa shape index (κ3) is 5.45. The molecule has 4 heterocycles. The summed E-state index contributed by atoms with van der Waals surface area (Å²) >= 11 is 0. The smallest absolute Gasteiger partial charge is 0.229 e. The van der Waals surface area contributed by atoms with Crippen LogP contribution in [0.25, 0.3) is 22.3 Å². The Hall–Kier alpha value is -3.66. The van der Waals surface area contributed by atoms with E-state index in [4.69, 9.17) is 0 Å². The first-order valence-electron chi connectivity index (χ1n) is 13.2. The number of nitrogens with zero attached hydrogens (tertiary/aromatic N) is 6. The first-order chi connectivity index (χ1) is 18.3. The zero-order valence-corrected chi connectivity index (χ0v) is 22.3. The Morgan fingerprint density at radius 1 is 1.03 bits per heavy atom. The van der Waals surface area contributed by atoms with Crippen LogP contribution >= 0.6 is 0 Å². The molecule has 0 saturated carbocycles. The van der Waals surface area contributed by atoms with E-state index in [1.165, 1.54) is 18.9 Å². The molecule has 2 N–H and O–H groups in total. The summed E-state index contributed by atoms with van der Waals surface area (Å²) in [5, 5.41) is 6.50. The predicted octanol–water partition coefficient (Wildman–Crippen LogP) is 5.94. The van der Waals surface area contributed by atoms with E-state index in [0.717, 1.165) is 38.1 Å². The fourth-order valence-electron chi connectivity index (χ4n) is 5.14. The maximum absolute atomic E-state index is 14.9. The lowest BCUT2D eigenvalue weighted by molar-refractivity contribution is 0.198. The van der Waals surface area contributed by atoms with E-state index in [-0.39, 0.29) is 23.2 Å². The second kappa shape index (κ2) is 11.0. The summed E-state index contributed by atoms with van der Waals surface area (Å²) in [4.78, 5) is 19.7. The number of hydrogen-bond donors (Lipinski definition) is 2. The Morgan fingerprint density at radius 3 is 2.50 bits per heavy atom. The topological polar surface area (TPSA) is 83.8 Å². The number of aromatic nitrogens is 5. The van der Waals surface area contributed by atoms with Crippen LogP contribution in [0.3, 0.4) is 0 Å². The number of hydrogen-bond acceptors (Lipinski definition) is 7. The lowest BCUT2D eigenvalue weighted by atomic mass is 9.97. The Kier molecular flexibility index (Phi) is 7.51. The fourth-order valence-corrected chi connectivity index (χ4v) is 5.14. The molecular weight excluding hydrogens is 486 g/mol. The Morgan fingerprint density at radius 2 is 1.82 bits per heavy atom. The molecule has 0 bridgehead atoms. The first kappa shape index (κ1) is 26.0. The van der Waals surface area contributed by atoms with Crippen molar-refractivity contribution in [2.45, 2.75) is 46.6 Å². The second-order valence-corrected chi connectivity index (χ2v) is 10.2. The van der Waals surface area contributed by atoms with E-state index in [0.29, 0.717) is 28.6 Å². The van der Waals surface area contributed by atoms with Crippen LogP contribution in [0, 0.1) is 24.5 Å². The number of piperidine rings is 1. The highest BCUT2D eigenvalue weighted by Gasteiger charge is 2.19. The molecule has 0 amide bonds. The van der Waals surface area contributed by atoms with E-state index in [9.17, 15) is 8.78 Å². The Bertz CT molecular complexity index is 1410. The van der Waals surface area contributed by atoms with E-state index >= 15 is 0 Å². The van der Waals surface area contributed by atoms with Gasteiger partial charge in [-0.3, -0.25) is 0 Å². The quantitative estimate of drug-likeness (QED) is 0.297. The normalized spacial score (nSPS) is 14.9. The van der Waals surface area contributed by atoms with Crippen molar-refractivity contribution in [1.29, 1.82) is 0 Å². The average Bonchev–Trinajstić information content (AvgIpc) is 3.26. The van der Waals surface area contributed by atoms with E-state index in [1.54, 1.807) is 12.3 Å². The summed E-state index contributed by atoms with van der Waals surface area (Å²) in [5.74, 6) is 0.897. The molecule has 0 atom stereocenters. The van der Waals surface area contributed by atoms with Gasteiger partial charge in [0.2, 0.25) is 5.95 Å². The summed E-state index contributed by atoms with van der Waals surface area (Å²) in [6.07, 6.45) is 5.24. The Balaban J connectivity index is 1.30. The molecule has 8 nitrogen and oxygen atoms in total. The number of fused-ring (bicyclic) bond motifs is 1. The summed E-state index contributed by atoms with van der Waals surface area (Å²) in [6.45, 7) is 12.4. The largest absolute Gasteiger partial charge is 0.384 e. The summed E-state index contributed by atoms with van der Waals surface area (Å²) in [6, 6.07) is 6.82. The van der Waals surface area contributed by atoms with Crippen LogP contribution in [0.4, 0.5) is 26.2 Å². The molecular formula is C28H34F2N8. The average molecular weight is 521 g/mol. The highest BCUT2D eigenvalue weighted by atomic mass is 19.1. The third-order valence-corrected chi connectivity index (χ3v) is 7.21. The van der Waals surface area contributed by atoms with Crippen molar-refractivity contribution in [3.63, 3.8) is 0 Å². The van der Waals surface area contributed by atoms with Gasteiger partial charge in [-0.15, -0.1) is 0 Å². The molecule has 1 aromatic carbocycles. The van der Waals surface area contributed by atoms with Gasteiger partial charge in [-0.25, -0.2) is 28.7 Å². The maximum Gasteiger partial charge on any atom is 0.229 e. The van der Waals surface area contributed by atoms with E-state index in [2.05, 4.69) is 42.4 Å². The summed E-state index contributed by atoms with van der Waals surface area (Å²) in [5.41, 5.74) is 2.12. The highest BCUT2D eigenvalue weighted by Crippen LogP contribution is 2.30. The zero-order valence-electron chi connectivity index (χ0n) is 22.3. The monoisotopic (exact) mass is 520 g/mol. The van der Waals surface area contributed by atoms with Gasteiger partial charge in [-0.05, 0) is 83.4 Å². The van der Waals surface area contributed by atoms with Gasteiger partial charge in [0.15, 0.2) is 11.6 Å². The van der Waals surface area contributed by atoms with Crippen LogP contribution in [0.5, 0.6) is 0 Å². The number of aryl methyl sites for hydroxylation is 1. The molecule has 3 aromatic heterocycles. The number of benzene rings is 1. The van der Waals surface area contributed by atoms with Crippen LogP contribution in [0.1, 0.15) is 45.5 Å². The van der Waals surface area contributed by atoms with Crippen molar-refractivity contribution >= 4 is 28.5 Å². The van der Waals surface area contributed by atoms with Gasteiger partial charge < -0.3 is 20.1 Å². The lowest BCUT2D eigenvalue weighted by Gasteiger charge is -2.31. The van der Waals surface area contributed by atoms with Crippen LogP contribution in [0.15, 0.2) is 36.7 Å². The molecule has 10 heteroatoms. The minimum atomic E-state index is -0.640. The van der Waals surface area contributed by atoms with Crippen LogP contribution < -0.4 is 10.6 Å². The standard InChI is InChI=1S/C28H34F2N8/c1-5-37-10-8-19(9-11-37)14-31-21-6-7-25(32-15-21)35-28-33-16-23(30)26(36-28)20-12-22(29)27-24(13-20)38(17(2)3)18(4)34-27/h6-7,12-13,15-17,19,31H,5,8-11,14H2,1-4H3,(H,32,33,35,36). The third-order valence-electron chi connectivity index (χ3n) is 7.21. The van der Waals surface area contributed by atoms with E-state index < -0.39 is 11.6 Å². The van der Waals surface area contributed by atoms with Gasteiger partial charge in [-0.2, -0.15) is 0 Å². The van der Waals surface area contributed by atoms with Gasteiger partial charge in [0.05, 0.1) is 23.6 Å². The minimum absolute atomic E-state index is 0.00451. The van der Waals surface area contributed by atoms with Gasteiger partial charge >= 0.3 is 0 Å². The maximum atomic E-state index is 14.9. The number of imidazole rings is 1. The Labute approximate surface area is 221 Å². The highest BCUT2D eigenvalue weighted by molar-refractivity contribution is 5.83. The van der Waals surface area contributed by atoms with Crippen molar-refractivity contribution < 1.29 is 8.78 Å². The van der Waals surface area contributed by atoms with Crippen molar-refractivity contribution in [2.24, 2.45) is 5.92 Å². The SMILES string of the molecule is CCN1CCC(CNc2ccc(Nc3ncc(F)c(-c4cc(F)c5nc(C)n(C(C)C)c5c4)n3)nc2)CC1.